The van der Waals surface area contributed by atoms with E-state index in [1.165, 1.54) is 35.2 Å². The van der Waals surface area contributed by atoms with E-state index in [1.807, 2.05) is 12.1 Å². The second-order valence-corrected chi connectivity index (χ2v) is 7.87. The summed E-state index contributed by atoms with van der Waals surface area (Å²) in [5.74, 6) is 1.93. The van der Waals surface area contributed by atoms with Crippen LogP contribution in [0.15, 0.2) is 59.2 Å². The van der Waals surface area contributed by atoms with Crippen molar-refractivity contribution in [1.29, 1.82) is 0 Å². The first kappa shape index (κ1) is 16.6. The number of aryl methyl sites for hydroxylation is 2. The highest BCUT2D eigenvalue weighted by atomic mass is 79.9. The van der Waals surface area contributed by atoms with Crippen molar-refractivity contribution in [2.75, 3.05) is 7.11 Å². The van der Waals surface area contributed by atoms with Crippen molar-refractivity contribution in [1.82, 2.24) is 14.2 Å². The van der Waals surface area contributed by atoms with E-state index < -0.39 is 0 Å². The van der Waals surface area contributed by atoms with Crippen molar-refractivity contribution in [3.63, 3.8) is 0 Å². The lowest BCUT2D eigenvalue weighted by Gasteiger charge is -2.07. The molecule has 0 saturated carbocycles. The SMILES string of the molecule is COc1ccc(-c2cn3nc(-c4ccc(Br)cc4)n4c3c2CCCC4)cc1. The van der Waals surface area contributed by atoms with Crippen molar-refractivity contribution >= 4 is 21.6 Å². The molecule has 0 N–H and O–H groups in total. The summed E-state index contributed by atoms with van der Waals surface area (Å²) >= 11 is 3.52. The van der Waals surface area contributed by atoms with Crippen LogP contribution in [-0.2, 0) is 13.0 Å². The zero-order valence-electron chi connectivity index (χ0n) is 15.2. The van der Waals surface area contributed by atoms with Crippen LogP contribution < -0.4 is 4.74 Å². The number of hydrogen-bond donors (Lipinski definition) is 0. The molecule has 0 bridgehead atoms. The summed E-state index contributed by atoms with van der Waals surface area (Å²) < 4.78 is 10.8. The van der Waals surface area contributed by atoms with Crippen LogP contribution in [0.5, 0.6) is 5.75 Å². The van der Waals surface area contributed by atoms with Crippen LogP contribution in [0.4, 0.5) is 0 Å². The van der Waals surface area contributed by atoms with E-state index in [0.717, 1.165) is 34.6 Å². The second kappa shape index (κ2) is 6.57. The molecule has 3 heterocycles. The molecule has 136 valence electrons. The zero-order chi connectivity index (χ0) is 18.4. The maximum Gasteiger partial charge on any atom is 0.162 e. The van der Waals surface area contributed by atoms with E-state index in [-0.39, 0.29) is 0 Å². The molecular weight excluding hydrogens is 402 g/mol. The molecule has 1 aliphatic heterocycles. The molecule has 2 aromatic heterocycles. The molecule has 4 aromatic rings. The van der Waals surface area contributed by atoms with Gasteiger partial charge in [-0.2, -0.15) is 0 Å². The molecule has 0 atom stereocenters. The predicted molar refractivity (Wildman–Crippen MR) is 111 cm³/mol. The number of hydrogen-bond acceptors (Lipinski definition) is 2. The fourth-order valence-corrected chi connectivity index (χ4v) is 4.27. The first-order valence-corrected chi connectivity index (χ1v) is 10.0. The highest BCUT2D eigenvalue weighted by Gasteiger charge is 2.22. The van der Waals surface area contributed by atoms with Crippen LogP contribution in [0.2, 0.25) is 0 Å². The van der Waals surface area contributed by atoms with Crippen molar-refractivity contribution in [2.45, 2.75) is 25.8 Å². The molecule has 0 fully saturated rings. The normalized spacial score (nSPS) is 13.7. The first-order valence-electron chi connectivity index (χ1n) is 9.26. The molecule has 0 amide bonds. The molecule has 1 aliphatic rings. The topological polar surface area (TPSA) is 31.5 Å². The van der Waals surface area contributed by atoms with Gasteiger partial charge < -0.3 is 9.30 Å². The summed E-state index contributed by atoms with van der Waals surface area (Å²) in [4.78, 5) is 0. The van der Waals surface area contributed by atoms with Gasteiger partial charge >= 0.3 is 0 Å². The number of rotatable bonds is 3. The molecule has 4 nitrogen and oxygen atoms in total. The lowest BCUT2D eigenvalue weighted by atomic mass is 10.0. The summed E-state index contributed by atoms with van der Waals surface area (Å²) in [5.41, 5.74) is 6.28. The predicted octanol–water partition coefficient (Wildman–Crippen LogP) is 5.58. The minimum atomic E-state index is 0.883. The van der Waals surface area contributed by atoms with Crippen LogP contribution in [0.3, 0.4) is 0 Å². The molecular formula is C22H20BrN3O. The van der Waals surface area contributed by atoms with Gasteiger partial charge in [-0.25, -0.2) is 4.52 Å². The molecule has 0 spiro atoms. The third-order valence-electron chi connectivity index (χ3n) is 5.34. The maximum atomic E-state index is 5.30. The molecule has 0 radical (unpaired) electrons. The van der Waals surface area contributed by atoms with Gasteiger partial charge in [-0.1, -0.05) is 40.2 Å². The average Bonchev–Trinajstić information content (AvgIpc) is 3.13. The van der Waals surface area contributed by atoms with E-state index in [1.54, 1.807) is 7.11 Å². The minimum absolute atomic E-state index is 0.883. The van der Waals surface area contributed by atoms with E-state index >= 15 is 0 Å². The van der Waals surface area contributed by atoms with E-state index in [4.69, 9.17) is 9.84 Å². The molecule has 0 saturated heterocycles. The maximum absolute atomic E-state index is 5.30. The highest BCUT2D eigenvalue weighted by Crippen LogP contribution is 2.35. The Morgan fingerprint density at radius 1 is 0.963 bits per heavy atom. The second-order valence-electron chi connectivity index (χ2n) is 6.96. The molecule has 0 aliphatic carbocycles. The largest absolute Gasteiger partial charge is 0.497 e. The van der Waals surface area contributed by atoms with Gasteiger partial charge in [0.25, 0.3) is 0 Å². The summed E-state index contributed by atoms with van der Waals surface area (Å²) in [7, 11) is 1.70. The number of halogens is 1. The Morgan fingerprint density at radius 3 is 2.44 bits per heavy atom. The highest BCUT2D eigenvalue weighted by molar-refractivity contribution is 9.10. The van der Waals surface area contributed by atoms with Gasteiger partial charge in [-0.3, -0.25) is 0 Å². The Kier molecular flexibility index (Phi) is 4.05. The van der Waals surface area contributed by atoms with Gasteiger partial charge in [0.05, 0.1) is 7.11 Å². The Balaban J connectivity index is 1.68. The van der Waals surface area contributed by atoms with Crippen molar-refractivity contribution < 1.29 is 4.74 Å². The Bertz CT molecular complexity index is 1110. The van der Waals surface area contributed by atoms with Gasteiger partial charge in [0, 0.05) is 33.9 Å². The molecule has 5 heteroatoms. The number of aromatic nitrogens is 3. The Hall–Kier alpha value is -2.53. The summed E-state index contributed by atoms with van der Waals surface area (Å²) in [6.07, 6.45) is 5.64. The zero-order valence-corrected chi connectivity index (χ0v) is 16.7. The van der Waals surface area contributed by atoms with Gasteiger partial charge in [-0.15, -0.1) is 5.10 Å². The Labute approximate surface area is 166 Å². The number of nitrogens with zero attached hydrogens (tertiary/aromatic N) is 3. The minimum Gasteiger partial charge on any atom is -0.497 e. The quantitative estimate of drug-likeness (QED) is 0.432. The number of methoxy groups -OCH3 is 1. The Morgan fingerprint density at radius 2 is 1.70 bits per heavy atom. The van der Waals surface area contributed by atoms with Crippen LogP contribution >= 0.6 is 15.9 Å². The lowest BCUT2D eigenvalue weighted by molar-refractivity contribution is 0.415. The summed E-state index contributed by atoms with van der Waals surface area (Å²) in [5, 5.41) is 4.95. The summed E-state index contributed by atoms with van der Waals surface area (Å²) in [6, 6.07) is 16.7. The first-order chi connectivity index (χ1) is 13.2. The van der Waals surface area contributed by atoms with Gasteiger partial charge in [-0.05, 0) is 49.1 Å². The van der Waals surface area contributed by atoms with Crippen LogP contribution in [0, 0.1) is 0 Å². The standard InChI is InChI=1S/C22H20BrN3O/c1-27-18-11-7-15(8-12-18)20-14-26-22-19(20)4-2-3-13-25(22)21(24-26)16-5-9-17(23)10-6-16/h5-12,14H,2-4,13H2,1H3. The van der Waals surface area contributed by atoms with Gasteiger partial charge in [0.2, 0.25) is 0 Å². The fraction of sp³-hybridized carbons (Fsp3) is 0.227. The van der Waals surface area contributed by atoms with Gasteiger partial charge in [0.15, 0.2) is 5.82 Å². The van der Waals surface area contributed by atoms with E-state index in [0.29, 0.717) is 0 Å². The monoisotopic (exact) mass is 421 g/mol. The average molecular weight is 422 g/mol. The van der Waals surface area contributed by atoms with Crippen LogP contribution in [0.25, 0.3) is 28.2 Å². The third-order valence-corrected chi connectivity index (χ3v) is 5.87. The van der Waals surface area contributed by atoms with Crippen molar-refractivity contribution in [2.24, 2.45) is 0 Å². The molecule has 5 rings (SSSR count). The number of benzene rings is 2. The van der Waals surface area contributed by atoms with E-state index in [2.05, 4.69) is 67.6 Å². The summed E-state index contributed by atoms with van der Waals surface area (Å²) in [6.45, 7) is 1.01. The van der Waals surface area contributed by atoms with Crippen molar-refractivity contribution in [3.8, 4) is 28.3 Å². The lowest BCUT2D eigenvalue weighted by Crippen LogP contribution is -1.99. The fourth-order valence-electron chi connectivity index (χ4n) is 4.00. The van der Waals surface area contributed by atoms with Crippen LogP contribution in [0.1, 0.15) is 18.4 Å². The molecule has 27 heavy (non-hydrogen) atoms. The van der Waals surface area contributed by atoms with E-state index in [9.17, 15) is 0 Å². The number of ether oxygens (including phenoxy) is 1. The van der Waals surface area contributed by atoms with Gasteiger partial charge in [0.1, 0.15) is 11.4 Å². The molecule has 2 aromatic carbocycles. The molecule has 0 unspecified atom stereocenters. The van der Waals surface area contributed by atoms with Crippen molar-refractivity contribution in [3.05, 3.63) is 64.8 Å². The van der Waals surface area contributed by atoms with Crippen LogP contribution in [-0.4, -0.2) is 21.3 Å². The smallest absolute Gasteiger partial charge is 0.162 e. The third kappa shape index (κ3) is 2.77.